The molecule has 0 spiro atoms. The number of hydrogen-bond donors (Lipinski definition) is 0. The van der Waals surface area contributed by atoms with Crippen LogP contribution in [0.15, 0.2) is 63.0 Å². The van der Waals surface area contributed by atoms with Crippen LogP contribution in [0, 0.1) is 6.92 Å². The minimum Gasteiger partial charge on any atom is -0.268 e. The second-order valence-corrected chi connectivity index (χ2v) is 10.5. The zero-order valence-electron chi connectivity index (χ0n) is 17.9. The molecule has 2 aromatic carbocycles. The highest BCUT2D eigenvalue weighted by molar-refractivity contribution is 9.10. The van der Waals surface area contributed by atoms with Crippen molar-refractivity contribution in [3.05, 3.63) is 84.9 Å². The van der Waals surface area contributed by atoms with E-state index in [2.05, 4.69) is 61.0 Å². The van der Waals surface area contributed by atoms with Crippen LogP contribution >= 0.6 is 39.0 Å². The van der Waals surface area contributed by atoms with Gasteiger partial charge in [-0.25, -0.2) is 4.98 Å². The fraction of sp³-hybridized carbons (Fsp3) is 0.280. The number of nitrogens with zero attached hydrogens (tertiary/aromatic N) is 2. The number of aryl methyl sites for hydroxylation is 3. The van der Waals surface area contributed by atoms with Gasteiger partial charge in [0.1, 0.15) is 4.83 Å². The van der Waals surface area contributed by atoms with Gasteiger partial charge in [-0.1, -0.05) is 72.2 Å². The first-order valence-electron chi connectivity index (χ1n) is 10.5. The monoisotopic (exact) mass is 512 g/mol. The van der Waals surface area contributed by atoms with Crippen LogP contribution in [0.1, 0.15) is 41.8 Å². The average molecular weight is 514 g/mol. The lowest BCUT2D eigenvalue weighted by atomic mass is 10.1. The van der Waals surface area contributed by atoms with Crippen LogP contribution in [0.2, 0.25) is 0 Å². The quantitative estimate of drug-likeness (QED) is 0.192. The van der Waals surface area contributed by atoms with E-state index in [1.54, 1.807) is 27.7 Å². The van der Waals surface area contributed by atoms with Crippen LogP contribution in [-0.4, -0.2) is 9.55 Å². The fourth-order valence-corrected chi connectivity index (χ4v) is 6.16. The van der Waals surface area contributed by atoms with Crippen molar-refractivity contribution in [3.8, 4) is 5.69 Å². The summed E-state index contributed by atoms with van der Waals surface area (Å²) in [4.78, 5) is 20.8. The standard InChI is InChI=1S/C25H25BrN2OS2/c1-4-6-21-16(3)22-23(31-21)27-25(30-15-18-7-11-19(26)12-8-18)28(24(22)29)20-13-9-17(5-2)10-14-20/h7-14H,4-6,15H2,1-3H3. The van der Waals surface area contributed by atoms with Crippen molar-refractivity contribution in [3.63, 3.8) is 0 Å². The summed E-state index contributed by atoms with van der Waals surface area (Å²) in [5, 5.41) is 1.51. The van der Waals surface area contributed by atoms with Crippen molar-refractivity contribution in [2.24, 2.45) is 0 Å². The van der Waals surface area contributed by atoms with Gasteiger partial charge >= 0.3 is 0 Å². The molecule has 0 bridgehead atoms. The predicted octanol–water partition coefficient (Wildman–Crippen LogP) is 7.33. The zero-order valence-corrected chi connectivity index (χ0v) is 21.2. The van der Waals surface area contributed by atoms with Gasteiger partial charge in [-0.15, -0.1) is 11.3 Å². The van der Waals surface area contributed by atoms with E-state index >= 15 is 0 Å². The Hall–Kier alpha value is -1.89. The van der Waals surface area contributed by atoms with Gasteiger partial charge in [0.25, 0.3) is 5.56 Å². The molecule has 0 radical (unpaired) electrons. The van der Waals surface area contributed by atoms with Crippen LogP contribution in [0.4, 0.5) is 0 Å². The normalized spacial score (nSPS) is 11.4. The van der Waals surface area contributed by atoms with Gasteiger partial charge < -0.3 is 0 Å². The third kappa shape index (κ3) is 4.66. The molecule has 2 aromatic heterocycles. The number of aromatic nitrogens is 2. The largest absolute Gasteiger partial charge is 0.268 e. The molecular weight excluding hydrogens is 488 g/mol. The lowest BCUT2D eigenvalue weighted by Crippen LogP contribution is -2.21. The number of fused-ring (bicyclic) bond motifs is 1. The van der Waals surface area contributed by atoms with Crippen LogP contribution in [-0.2, 0) is 18.6 Å². The van der Waals surface area contributed by atoms with Crippen LogP contribution in [0.25, 0.3) is 15.9 Å². The third-order valence-electron chi connectivity index (χ3n) is 5.39. The lowest BCUT2D eigenvalue weighted by molar-refractivity contribution is 0.821. The smallest absolute Gasteiger partial charge is 0.267 e. The molecule has 3 nitrogen and oxygen atoms in total. The van der Waals surface area contributed by atoms with E-state index in [9.17, 15) is 4.79 Å². The van der Waals surface area contributed by atoms with Gasteiger partial charge in [0, 0.05) is 15.1 Å². The zero-order chi connectivity index (χ0) is 22.0. The summed E-state index contributed by atoms with van der Waals surface area (Å²) >= 11 is 6.77. The Morgan fingerprint density at radius 1 is 1.03 bits per heavy atom. The number of halogens is 1. The minimum atomic E-state index is 0.0312. The summed E-state index contributed by atoms with van der Waals surface area (Å²) in [6, 6.07) is 16.5. The van der Waals surface area contributed by atoms with Gasteiger partial charge in [-0.3, -0.25) is 9.36 Å². The van der Waals surface area contributed by atoms with Gasteiger partial charge in [0.05, 0.1) is 11.1 Å². The van der Waals surface area contributed by atoms with Gasteiger partial charge in [0.15, 0.2) is 5.16 Å². The number of thiophene rings is 1. The highest BCUT2D eigenvalue weighted by atomic mass is 79.9. The van der Waals surface area contributed by atoms with E-state index < -0.39 is 0 Å². The molecule has 2 heterocycles. The van der Waals surface area contributed by atoms with E-state index in [1.807, 2.05) is 24.3 Å². The lowest BCUT2D eigenvalue weighted by Gasteiger charge is -2.13. The molecule has 0 amide bonds. The molecule has 6 heteroatoms. The second-order valence-electron chi connectivity index (χ2n) is 7.55. The maximum atomic E-state index is 13.7. The molecular formula is C25H25BrN2OS2. The topological polar surface area (TPSA) is 34.9 Å². The molecule has 0 unspecified atom stereocenters. The Bertz CT molecular complexity index is 1260. The molecule has 0 aliphatic carbocycles. The Labute approximate surface area is 199 Å². The molecule has 31 heavy (non-hydrogen) atoms. The van der Waals surface area contributed by atoms with Crippen molar-refractivity contribution < 1.29 is 0 Å². The van der Waals surface area contributed by atoms with Crippen molar-refractivity contribution in [2.45, 2.75) is 50.9 Å². The Morgan fingerprint density at radius 2 is 1.71 bits per heavy atom. The third-order valence-corrected chi connectivity index (χ3v) is 8.18. The fourth-order valence-electron chi connectivity index (χ4n) is 3.61. The van der Waals surface area contributed by atoms with E-state index in [4.69, 9.17) is 4.98 Å². The summed E-state index contributed by atoms with van der Waals surface area (Å²) < 4.78 is 2.85. The van der Waals surface area contributed by atoms with Crippen molar-refractivity contribution in [1.82, 2.24) is 9.55 Å². The summed E-state index contributed by atoms with van der Waals surface area (Å²) in [5.41, 5.74) is 4.44. The van der Waals surface area contributed by atoms with Gasteiger partial charge in [-0.05, 0) is 60.7 Å². The summed E-state index contributed by atoms with van der Waals surface area (Å²) in [6.07, 6.45) is 3.02. The van der Waals surface area contributed by atoms with Crippen LogP contribution < -0.4 is 5.56 Å². The van der Waals surface area contributed by atoms with Crippen molar-refractivity contribution in [2.75, 3.05) is 0 Å². The van der Waals surface area contributed by atoms with Crippen molar-refractivity contribution in [1.29, 1.82) is 0 Å². The first kappa shape index (κ1) is 22.3. The first-order valence-corrected chi connectivity index (χ1v) is 13.1. The van der Waals surface area contributed by atoms with E-state index in [0.29, 0.717) is 0 Å². The molecule has 0 aliphatic rings. The maximum absolute atomic E-state index is 13.7. The Balaban J connectivity index is 1.84. The molecule has 0 aliphatic heterocycles. The molecule has 0 fully saturated rings. The van der Waals surface area contributed by atoms with E-state index in [1.165, 1.54) is 16.0 Å². The molecule has 160 valence electrons. The van der Waals surface area contributed by atoms with E-state index in [-0.39, 0.29) is 5.56 Å². The molecule has 0 saturated carbocycles. The molecule has 0 atom stereocenters. The van der Waals surface area contributed by atoms with Crippen LogP contribution in [0.3, 0.4) is 0 Å². The number of benzene rings is 2. The summed E-state index contributed by atoms with van der Waals surface area (Å²) in [5.74, 6) is 0.754. The number of rotatable bonds is 7. The highest BCUT2D eigenvalue weighted by Crippen LogP contribution is 2.32. The van der Waals surface area contributed by atoms with Gasteiger partial charge in [-0.2, -0.15) is 0 Å². The molecule has 4 rings (SSSR count). The Kier molecular flexibility index (Phi) is 6.99. The van der Waals surface area contributed by atoms with E-state index in [0.717, 1.165) is 56.1 Å². The Morgan fingerprint density at radius 3 is 2.35 bits per heavy atom. The van der Waals surface area contributed by atoms with Crippen LogP contribution in [0.5, 0.6) is 0 Å². The minimum absolute atomic E-state index is 0.0312. The number of thioether (sulfide) groups is 1. The SMILES string of the molecule is CCCc1sc2nc(SCc3ccc(Br)cc3)n(-c3ccc(CC)cc3)c(=O)c2c1C. The average Bonchev–Trinajstić information content (AvgIpc) is 3.09. The number of hydrogen-bond acceptors (Lipinski definition) is 4. The summed E-state index contributed by atoms with van der Waals surface area (Å²) in [7, 11) is 0. The first-order chi connectivity index (χ1) is 15.0. The highest BCUT2D eigenvalue weighted by Gasteiger charge is 2.19. The second kappa shape index (κ2) is 9.72. The predicted molar refractivity (Wildman–Crippen MR) is 137 cm³/mol. The van der Waals surface area contributed by atoms with Crippen molar-refractivity contribution >= 4 is 49.2 Å². The summed E-state index contributed by atoms with van der Waals surface area (Å²) in [6.45, 7) is 6.37. The molecule has 4 aromatic rings. The maximum Gasteiger partial charge on any atom is 0.267 e. The molecule has 0 N–H and O–H groups in total. The van der Waals surface area contributed by atoms with Gasteiger partial charge in [0.2, 0.25) is 0 Å². The molecule has 0 saturated heterocycles.